The minimum Gasteiger partial charge on any atom is -0.508 e. The molecule has 0 aliphatic carbocycles. The maximum Gasteiger partial charge on any atom is 0.171 e. The van der Waals surface area contributed by atoms with Gasteiger partial charge in [0, 0.05) is 31.8 Å². The zero-order chi connectivity index (χ0) is 29.2. The first kappa shape index (κ1) is 27.5. The summed E-state index contributed by atoms with van der Waals surface area (Å²) in [6, 6.07) is 46.5. The summed E-state index contributed by atoms with van der Waals surface area (Å²) in [6.07, 6.45) is 0. The standard InChI is InChI=1S/C36H28O4P2/c37-27-21-23-35(41(39,29-13-5-1-6-14-29)30-15-7-2-8-16-30)33(25-27)34-26-28(38)22-24-36(34)42(40,31-17-9-3-10-18-31)32-19-11-4-12-20-32/h1-26,37-38H. The molecule has 0 bridgehead atoms. The van der Waals surface area contributed by atoms with Gasteiger partial charge < -0.3 is 19.3 Å². The molecule has 6 aromatic carbocycles. The molecular formula is C36H28O4P2. The van der Waals surface area contributed by atoms with Crippen molar-refractivity contribution in [1.82, 2.24) is 0 Å². The molecule has 0 amide bonds. The summed E-state index contributed by atoms with van der Waals surface area (Å²) in [7, 11) is -7.03. The number of phenols is 2. The zero-order valence-corrected chi connectivity index (χ0v) is 24.4. The number of hydrogen-bond acceptors (Lipinski definition) is 4. The summed E-state index contributed by atoms with van der Waals surface area (Å²) >= 11 is 0. The molecule has 0 saturated heterocycles. The van der Waals surface area contributed by atoms with Gasteiger partial charge in [-0.3, -0.25) is 0 Å². The van der Waals surface area contributed by atoms with Crippen LogP contribution in [0.25, 0.3) is 11.1 Å². The third-order valence-corrected chi connectivity index (χ3v) is 13.6. The first-order valence-corrected chi connectivity index (χ1v) is 16.9. The van der Waals surface area contributed by atoms with Crippen molar-refractivity contribution in [3.8, 4) is 22.6 Å². The second-order valence-electron chi connectivity index (χ2n) is 9.96. The maximum absolute atomic E-state index is 15.5. The Morgan fingerprint density at radius 3 is 0.881 bits per heavy atom. The average molecular weight is 587 g/mol. The van der Waals surface area contributed by atoms with E-state index in [1.165, 1.54) is 12.1 Å². The van der Waals surface area contributed by atoms with E-state index in [9.17, 15) is 10.2 Å². The highest BCUT2D eigenvalue weighted by Crippen LogP contribution is 2.49. The number of hydrogen-bond donors (Lipinski definition) is 2. The minimum absolute atomic E-state index is 0.0371. The summed E-state index contributed by atoms with van der Waals surface area (Å²) in [5.41, 5.74) is 0.869. The van der Waals surface area contributed by atoms with Gasteiger partial charge in [-0.05, 0) is 47.5 Å². The molecule has 6 rings (SSSR count). The van der Waals surface area contributed by atoms with Crippen molar-refractivity contribution >= 4 is 46.1 Å². The highest BCUT2D eigenvalue weighted by molar-refractivity contribution is 7.86. The lowest BCUT2D eigenvalue weighted by Gasteiger charge is -2.26. The first-order chi connectivity index (χ1) is 20.4. The van der Waals surface area contributed by atoms with Crippen molar-refractivity contribution in [1.29, 1.82) is 0 Å². The molecule has 0 saturated carbocycles. The number of aromatic hydroxyl groups is 2. The van der Waals surface area contributed by atoms with Crippen LogP contribution >= 0.6 is 14.3 Å². The molecule has 0 fully saturated rings. The van der Waals surface area contributed by atoms with Gasteiger partial charge in [-0.25, -0.2) is 0 Å². The summed E-state index contributed by atoms with van der Waals surface area (Å²) in [5.74, 6) is -0.0741. The van der Waals surface area contributed by atoms with Gasteiger partial charge in [0.25, 0.3) is 0 Å². The van der Waals surface area contributed by atoms with Gasteiger partial charge in [-0.2, -0.15) is 0 Å². The van der Waals surface area contributed by atoms with E-state index in [0.29, 0.717) is 43.0 Å². The Bertz CT molecular complexity index is 1710. The van der Waals surface area contributed by atoms with E-state index in [1.807, 2.05) is 121 Å². The molecule has 0 aliphatic heterocycles. The molecule has 206 valence electrons. The number of rotatable bonds is 7. The van der Waals surface area contributed by atoms with Crippen LogP contribution in [0.15, 0.2) is 158 Å². The summed E-state index contributed by atoms with van der Waals surface area (Å²) in [4.78, 5) is 0. The van der Waals surface area contributed by atoms with Crippen LogP contribution in [-0.2, 0) is 9.13 Å². The lowest BCUT2D eigenvalue weighted by Crippen LogP contribution is -2.29. The van der Waals surface area contributed by atoms with E-state index >= 15 is 9.13 Å². The predicted octanol–water partition coefficient (Wildman–Crippen LogP) is 6.04. The Morgan fingerprint density at radius 2 is 0.619 bits per heavy atom. The Morgan fingerprint density at radius 1 is 0.357 bits per heavy atom. The van der Waals surface area contributed by atoms with Gasteiger partial charge in [0.05, 0.1) is 0 Å². The molecule has 0 heterocycles. The predicted molar refractivity (Wildman–Crippen MR) is 174 cm³/mol. The molecule has 0 unspecified atom stereocenters. The molecule has 0 aliphatic rings. The molecule has 6 aromatic rings. The summed E-state index contributed by atoms with van der Waals surface area (Å²) in [6.45, 7) is 0. The Hall–Kier alpha value is -4.62. The van der Waals surface area contributed by atoms with Gasteiger partial charge in [0.2, 0.25) is 0 Å². The molecule has 0 atom stereocenters. The monoisotopic (exact) mass is 586 g/mol. The Labute approximate surface area is 245 Å². The SMILES string of the molecule is O=P(c1ccccc1)(c1ccccc1)c1ccc(O)cc1-c1cc(O)ccc1P(=O)(c1ccccc1)c1ccccc1. The van der Waals surface area contributed by atoms with Gasteiger partial charge in [0.1, 0.15) is 11.5 Å². The molecule has 4 nitrogen and oxygen atoms in total. The van der Waals surface area contributed by atoms with E-state index in [1.54, 1.807) is 24.3 Å². The van der Waals surface area contributed by atoms with Crippen molar-refractivity contribution in [2.24, 2.45) is 0 Å². The van der Waals surface area contributed by atoms with Crippen molar-refractivity contribution in [2.75, 3.05) is 0 Å². The average Bonchev–Trinajstić information content (AvgIpc) is 3.05. The van der Waals surface area contributed by atoms with E-state index in [-0.39, 0.29) is 11.5 Å². The van der Waals surface area contributed by atoms with Gasteiger partial charge >= 0.3 is 0 Å². The minimum atomic E-state index is -3.51. The van der Waals surface area contributed by atoms with E-state index in [2.05, 4.69) is 0 Å². The molecule has 6 heteroatoms. The number of benzene rings is 6. The molecular weight excluding hydrogens is 558 g/mol. The molecule has 0 spiro atoms. The molecule has 2 N–H and O–H groups in total. The molecule has 0 aromatic heterocycles. The highest BCUT2D eigenvalue weighted by Gasteiger charge is 2.36. The van der Waals surface area contributed by atoms with Crippen LogP contribution in [-0.4, -0.2) is 10.2 Å². The van der Waals surface area contributed by atoms with Crippen LogP contribution in [0.3, 0.4) is 0 Å². The van der Waals surface area contributed by atoms with Crippen molar-refractivity contribution in [2.45, 2.75) is 0 Å². The third-order valence-electron chi connectivity index (χ3n) is 7.41. The largest absolute Gasteiger partial charge is 0.508 e. The maximum atomic E-state index is 15.5. The zero-order valence-electron chi connectivity index (χ0n) is 22.6. The van der Waals surface area contributed by atoms with Gasteiger partial charge in [0.15, 0.2) is 14.3 Å². The van der Waals surface area contributed by atoms with Gasteiger partial charge in [-0.15, -0.1) is 0 Å². The Balaban J connectivity index is 1.71. The smallest absolute Gasteiger partial charge is 0.171 e. The normalized spacial score (nSPS) is 11.7. The van der Waals surface area contributed by atoms with E-state index < -0.39 is 14.3 Å². The second kappa shape index (κ2) is 11.3. The molecule has 0 radical (unpaired) electrons. The number of phenolic OH excluding ortho intramolecular Hbond substituents is 2. The molecule has 42 heavy (non-hydrogen) atoms. The quantitative estimate of drug-likeness (QED) is 0.224. The van der Waals surface area contributed by atoms with Crippen LogP contribution in [0.4, 0.5) is 0 Å². The van der Waals surface area contributed by atoms with Crippen molar-refractivity contribution < 1.29 is 19.3 Å². The first-order valence-electron chi connectivity index (χ1n) is 13.5. The fraction of sp³-hybridized carbons (Fsp3) is 0. The van der Waals surface area contributed by atoms with Crippen LogP contribution in [0, 0.1) is 0 Å². The topological polar surface area (TPSA) is 74.6 Å². The Kier molecular flexibility index (Phi) is 7.43. The van der Waals surface area contributed by atoms with Crippen molar-refractivity contribution in [3.05, 3.63) is 158 Å². The van der Waals surface area contributed by atoms with Crippen LogP contribution in [0.5, 0.6) is 11.5 Å². The lowest BCUT2D eigenvalue weighted by molar-refractivity contribution is 0.474. The highest BCUT2D eigenvalue weighted by atomic mass is 31.2. The lowest BCUT2D eigenvalue weighted by atomic mass is 10.0. The summed E-state index contributed by atoms with van der Waals surface area (Å²) < 4.78 is 31.0. The van der Waals surface area contributed by atoms with Gasteiger partial charge in [-0.1, -0.05) is 121 Å². The fourth-order valence-electron chi connectivity index (χ4n) is 5.43. The van der Waals surface area contributed by atoms with Crippen molar-refractivity contribution in [3.63, 3.8) is 0 Å². The van der Waals surface area contributed by atoms with Crippen LogP contribution in [0.2, 0.25) is 0 Å². The van der Waals surface area contributed by atoms with Crippen LogP contribution < -0.4 is 31.8 Å². The van der Waals surface area contributed by atoms with E-state index in [4.69, 9.17) is 0 Å². The summed E-state index contributed by atoms with van der Waals surface area (Å²) in [5, 5.41) is 25.0. The van der Waals surface area contributed by atoms with Crippen LogP contribution in [0.1, 0.15) is 0 Å². The third kappa shape index (κ3) is 4.80. The second-order valence-corrected chi connectivity index (χ2v) is 15.4. The fourth-order valence-corrected chi connectivity index (χ4v) is 11.1. The van der Waals surface area contributed by atoms with E-state index in [0.717, 1.165) is 0 Å².